The summed E-state index contributed by atoms with van der Waals surface area (Å²) >= 11 is 0. The van der Waals surface area contributed by atoms with E-state index in [9.17, 15) is 0 Å². The van der Waals surface area contributed by atoms with Crippen molar-refractivity contribution in [2.24, 2.45) is 0 Å². The molecule has 3 nitrogen and oxygen atoms in total. The van der Waals surface area contributed by atoms with Crippen LogP contribution in [0.25, 0.3) is 43.8 Å². The molecule has 170 valence electrons. The van der Waals surface area contributed by atoms with Crippen LogP contribution in [0.1, 0.15) is 0 Å². The van der Waals surface area contributed by atoms with Crippen LogP contribution in [-0.2, 0) is 0 Å². The molecule has 0 saturated heterocycles. The van der Waals surface area contributed by atoms with Crippen molar-refractivity contribution in [3.05, 3.63) is 134 Å². The Kier molecular flexibility index (Phi) is 4.78. The highest BCUT2D eigenvalue weighted by Gasteiger charge is 2.19. The largest absolute Gasteiger partial charge is 0.454 e. The van der Waals surface area contributed by atoms with Crippen molar-refractivity contribution in [1.29, 1.82) is 0 Å². The van der Waals surface area contributed by atoms with Crippen LogP contribution in [0.3, 0.4) is 0 Å². The smallest absolute Gasteiger partial charge is 0.153 e. The van der Waals surface area contributed by atoms with Crippen LogP contribution >= 0.6 is 0 Å². The summed E-state index contributed by atoms with van der Waals surface area (Å²) < 4.78 is 6.17. The third kappa shape index (κ3) is 3.41. The first-order valence-corrected chi connectivity index (χ1v) is 12.0. The zero-order valence-electron chi connectivity index (χ0n) is 19.5. The zero-order chi connectivity index (χ0) is 23.9. The first kappa shape index (κ1) is 20.5. The normalized spacial score (nSPS) is 11.3. The summed E-state index contributed by atoms with van der Waals surface area (Å²) in [5.74, 6) is 0. The summed E-state index contributed by atoms with van der Waals surface area (Å²) in [6, 6.07) is 42.6. The number of hydrogen-bond acceptors (Lipinski definition) is 3. The first-order valence-electron chi connectivity index (χ1n) is 12.0. The highest BCUT2D eigenvalue weighted by atomic mass is 16.3. The van der Waals surface area contributed by atoms with E-state index in [2.05, 4.69) is 113 Å². The second-order valence-corrected chi connectivity index (χ2v) is 8.90. The van der Waals surface area contributed by atoms with Crippen molar-refractivity contribution in [2.75, 3.05) is 4.90 Å². The predicted molar refractivity (Wildman–Crippen MR) is 149 cm³/mol. The van der Waals surface area contributed by atoms with E-state index in [0.29, 0.717) is 0 Å². The Labute approximate surface area is 208 Å². The summed E-state index contributed by atoms with van der Waals surface area (Å²) in [5, 5.41) is 4.56. The van der Waals surface area contributed by atoms with Gasteiger partial charge in [0.15, 0.2) is 5.58 Å². The molecule has 0 unspecified atom stereocenters. The third-order valence-electron chi connectivity index (χ3n) is 6.74. The summed E-state index contributed by atoms with van der Waals surface area (Å²) in [5.41, 5.74) is 7.28. The van der Waals surface area contributed by atoms with Crippen LogP contribution < -0.4 is 4.90 Å². The van der Waals surface area contributed by atoms with Crippen molar-refractivity contribution in [2.45, 2.75) is 0 Å². The van der Waals surface area contributed by atoms with Gasteiger partial charge in [0.1, 0.15) is 5.58 Å². The highest BCUT2D eigenvalue weighted by molar-refractivity contribution is 6.13. The lowest BCUT2D eigenvalue weighted by Crippen LogP contribution is -2.10. The molecule has 0 amide bonds. The van der Waals surface area contributed by atoms with E-state index in [1.54, 1.807) is 6.20 Å². The maximum atomic E-state index is 6.17. The molecule has 3 heteroatoms. The fourth-order valence-corrected chi connectivity index (χ4v) is 5.02. The minimum absolute atomic E-state index is 0.790. The van der Waals surface area contributed by atoms with E-state index in [1.807, 2.05) is 24.4 Å². The maximum Gasteiger partial charge on any atom is 0.153 e. The van der Waals surface area contributed by atoms with Crippen molar-refractivity contribution in [3.8, 4) is 11.1 Å². The zero-order valence-corrected chi connectivity index (χ0v) is 19.5. The minimum Gasteiger partial charge on any atom is -0.454 e. The standard InChI is InChI=1S/C33H22N2O/c1-2-7-23(8-3-1)25-13-16-27(17-14-25)35(28-18-15-24-9-4-5-10-26(24)21-28)30-11-6-12-31-33(30)29-19-20-34-22-32(29)36-31/h1-22H. The second kappa shape index (κ2) is 8.40. The van der Waals surface area contributed by atoms with Gasteiger partial charge in [0.2, 0.25) is 0 Å². The SMILES string of the molecule is c1ccc(-c2ccc(N(c3ccc4ccccc4c3)c3cccc4oc5cnccc5c34)cc2)cc1. The van der Waals surface area contributed by atoms with Gasteiger partial charge in [-0.25, -0.2) is 0 Å². The number of aromatic nitrogens is 1. The summed E-state index contributed by atoms with van der Waals surface area (Å²) in [6.07, 6.45) is 3.61. The molecule has 0 aliphatic rings. The topological polar surface area (TPSA) is 29.3 Å². The fraction of sp³-hybridized carbons (Fsp3) is 0. The van der Waals surface area contributed by atoms with Gasteiger partial charge in [-0.2, -0.15) is 0 Å². The Morgan fingerprint density at radius 3 is 2.17 bits per heavy atom. The van der Waals surface area contributed by atoms with Crippen LogP contribution in [0.4, 0.5) is 17.1 Å². The van der Waals surface area contributed by atoms with E-state index in [0.717, 1.165) is 39.0 Å². The highest BCUT2D eigenvalue weighted by Crippen LogP contribution is 2.43. The summed E-state index contributed by atoms with van der Waals surface area (Å²) in [4.78, 5) is 6.58. The molecular weight excluding hydrogens is 440 g/mol. The van der Waals surface area contributed by atoms with Crippen LogP contribution in [-0.4, -0.2) is 4.98 Å². The molecule has 0 N–H and O–H groups in total. The number of benzene rings is 5. The Bertz CT molecular complexity index is 1840. The van der Waals surface area contributed by atoms with Gasteiger partial charge in [-0.1, -0.05) is 78.9 Å². The monoisotopic (exact) mass is 462 g/mol. The number of rotatable bonds is 4. The lowest BCUT2D eigenvalue weighted by molar-refractivity contribution is 0.667. The Balaban J connectivity index is 1.47. The van der Waals surface area contributed by atoms with E-state index >= 15 is 0 Å². The quantitative estimate of drug-likeness (QED) is 0.261. The second-order valence-electron chi connectivity index (χ2n) is 8.90. The molecule has 0 saturated carbocycles. The summed E-state index contributed by atoms with van der Waals surface area (Å²) in [7, 11) is 0. The number of pyridine rings is 1. The molecule has 36 heavy (non-hydrogen) atoms. The van der Waals surface area contributed by atoms with Gasteiger partial charge in [0, 0.05) is 23.0 Å². The maximum absolute atomic E-state index is 6.17. The third-order valence-corrected chi connectivity index (χ3v) is 6.74. The van der Waals surface area contributed by atoms with Crippen molar-refractivity contribution in [1.82, 2.24) is 4.98 Å². The van der Waals surface area contributed by atoms with E-state index < -0.39 is 0 Å². The lowest BCUT2D eigenvalue weighted by Gasteiger charge is -2.27. The van der Waals surface area contributed by atoms with Crippen LogP contribution in [0.5, 0.6) is 0 Å². The van der Waals surface area contributed by atoms with Crippen LogP contribution in [0, 0.1) is 0 Å². The van der Waals surface area contributed by atoms with Gasteiger partial charge in [-0.15, -0.1) is 0 Å². The van der Waals surface area contributed by atoms with E-state index in [-0.39, 0.29) is 0 Å². The van der Waals surface area contributed by atoms with Gasteiger partial charge < -0.3 is 9.32 Å². The molecule has 2 heterocycles. The number of anilines is 3. The Morgan fingerprint density at radius 1 is 0.556 bits per heavy atom. The molecule has 0 fully saturated rings. The van der Waals surface area contributed by atoms with Gasteiger partial charge in [-0.3, -0.25) is 4.98 Å². The molecule has 0 radical (unpaired) electrons. The lowest BCUT2D eigenvalue weighted by atomic mass is 10.0. The summed E-state index contributed by atoms with van der Waals surface area (Å²) in [6.45, 7) is 0. The number of furan rings is 1. The molecule has 0 spiro atoms. The first-order chi connectivity index (χ1) is 17.8. The van der Waals surface area contributed by atoms with Crippen LogP contribution in [0.2, 0.25) is 0 Å². The number of nitrogens with zero attached hydrogens (tertiary/aromatic N) is 2. The number of fused-ring (bicyclic) bond motifs is 4. The van der Waals surface area contributed by atoms with E-state index in [1.165, 1.54) is 21.9 Å². The molecule has 0 aliphatic heterocycles. The molecule has 7 aromatic rings. The van der Waals surface area contributed by atoms with Crippen LogP contribution in [0.15, 0.2) is 138 Å². The molecule has 2 aromatic heterocycles. The molecule has 0 bridgehead atoms. The predicted octanol–water partition coefficient (Wildman–Crippen LogP) is 9.27. The fourth-order valence-electron chi connectivity index (χ4n) is 5.02. The average Bonchev–Trinajstić information content (AvgIpc) is 3.33. The number of hydrogen-bond donors (Lipinski definition) is 0. The van der Waals surface area contributed by atoms with Crippen molar-refractivity contribution >= 4 is 49.8 Å². The van der Waals surface area contributed by atoms with Crippen molar-refractivity contribution < 1.29 is 4.42 Å². The van der Waals surface area contributed by atoms with Gasteiger partial charge >= 0.3 is 0 Å². The van der Waals surface area contributed by atoms with Crippen molar-refractivity contribution in [3.63, 3.8) is 0 Å². The minimum atomic E-state index is 0.790. The molecule has 0 atom stereocenters. The van der Waals surface area contributed by atoms with Gasteiger partial charge in [0.25, 0.3) is 0 Å². The average molecular weight is 463 g/mol. The molecule has 0 aliphatic carbocycles. The molecular formula is C33H22N2O. The van der Waals surface area contributed by atoms with Gasteiger partial charge in [-0.05, 0) is 64.4 Å². The Hall–Kier alpha value is -4.89. The van der Waals surface area contributed by atoms with Gasteiger partial charge in [0.05, 0.1) is 17.3 Å². The Morgan fingerprint density at radius 2 is 1.31 bits per heavy atom. The molecule has 7 rings (SSSR count). The molecule has 5 aromatic carbocycles. The van der Waals surface area contributed by atoms with E-state index in [4.69, 9.17) is 4.42 Å².